The van der Waals surface area contributed by atoms with Crippen LogP contribution >= 0.6 is 11.8 Å². The summed E-state index contributed by atoms with van der Waals surface area (Å²) in [4.78, 5) is 3.95. The van der Waals surface area contributed by atoms with Crippen molar-refractivity contribution in [2.45, 2.75) is 25.0 Å². The lowest BCUT2D eigenvalue weighted by atomic mass is 10.3. The monoisotopic (exact) mass is 279 g/mol. The van der Waals surface area contributed by atoms with Gasteiger partial charge in [0.25, 0.3) is 5.22 Å². The van der Waals surface area contributed by atoms with E-state index in [9.17, 15) is 0 Å². The van der Waals surface area contributed by atoms with E-state index in [1.165, 1.54) is 11.8 Å². The van der Waals surface area contributed by atoms with Crippen molar-refractivity contribution < 1.29 is 9.15 Å². The van der Waals surface area contributed by atoms with E-state index in [0.717, 1.165) is 30.8 Å². The quantitative estimate of drug-likeness (QED) is 0.547. The Balaban J connectivity index is 1.75. The van der Waals surface area contributed by atoms with E-state index in [1.54, 1.807) is 12.4 Å². The number of ether oxygens (including phenoxy) is 1. The summed E-state index contributed by atoms with van der Waals surface area (Å²) in [6, 6.07) is 3.69. The minimum Gasteiger partial charge on any atom is -0.411 e. The van der Waals surface area contributed by atoms with Crippen molar-refractivity contribution >= 4 is 11.8 Å². The van der Waals surface area contributed by atoms with E-state index in [0.29, 0.717) is 17.7 Å². The van der Waals surface area contributed by atoms with Crippen LogP contribution in [0.15, 0.2) is 34.2 Å². The van der Waals surface area contributed by atoms with Crippen molar-refractivity contribution in [2.24, 2.45) is 0 Å². The summed E-state index contributed by atoms with van der Waals surface area (Å²) >= 11 is 1.51. The topological polar surface area (TPSA) is 61.0 Å². The van der Waals surface area contributed by atoms with Crippen molar-refractivity contribution in [1.29, 1.82) is 0 Å². The highest BCUT2D eigenvalue weighted by Crippen LogP contribution is 2.22. The van der Waals surface area contributed by atoms with Crippen molar-refractivity contribution in [2.75, 3.05) is 19.0 Å². The Bertz CT molecular complexity index is 476. The molecule has 0 aliphatic carbocycles. The molecule has 0 spiro atoms. The summed E-state index contributed by atoms with van der Waals surface area (Å²) in [5.41, 5.74) is 0.883. The summed E-state index contributed by atoms with van der Waals surface area (Å²) in [7, 11) is 0. The van der Waals surface area contributed by atoms with E-state index < -0.39 is 0 Å². The molecule has 0 bridgehead atoms. The largest absolute Gasteiger partial charge is 0.411 e. The van der Waals surface area contributed by atoms with E-state index in [4.69, 9.17) is 9.15 Å². The van der Waals surface area contributed by atoms with Gasteiger partial charge >= 0.3 is 0 Å². The van der Waals surface area contributed by atoms with Crippen LogP contribution in [0.25, 0.3) is 11.5 Å². The molecule has 5 nitrogen and oxygen atoms in total. The fourth-order valence-corrected chi connectivity index (χ4v) is 2.03. The van der Waals surface area contributed by atoms with Crippen LogP contribution < -0.4 is 0 Å². The first kappa shape index (κ1) is 14.0. The van der Waals surface area contributed by atoms with Gasteiger partial charge in [-0.3, -0.25) is 4.98 Å². The smallest absolute Gasteiger partial charge is 0.276 e. The maximum absolute atomic E-state index is 5.55. The average molecular weight is 279 g/mol. The minimum absolute atomic E-state index is 0.525. The molecule has 2 aromatic rings. The lowest BCUT2D eigenvalue weighted by Crippen LogP contribution is -1.98. The van der Waals surface area contributed by atoms with Gasteiger partial charge in [0.15, 0.2) is 0 Å². The van der Waals surface area contributed by atoms with Gasteiger partial charge in [0, 0.05) is 30.3 Å². The van der Waals surface area contributed by atoms with E-state index >= 15 is 0 Å². The van der Waals surface area contributed by atoms with Crippen LogP contribution in [0.2, 0.25) is 0 Å². The molecule has 0 saturated heterocycles. The Morgan fingerprint density at radius 3 is 2.84 bits per heavy atom. The van der Waals surface area contributed by atoms with Gasteiger partial charge in [-0.05, 0) is 18.6 Å². The minimum atomic E-state index is 0.525. The van der Waals surface area contributed by atoms with Gasteiger partial charge in [0.2, 0.25) is 5.89 Å². The van der Waals surface area contributed by atoms with E-state index in [2.05, 4.69) is 22.1 Å². The number of unbranched alkanes of at least 4 members (excludes halogenated alkanes) is 1. The SMILES string of the molecule is CCCCOCCSc1nnc(-c2ccncc2)o1. The molecule has 2 aromatic heterocycles. The second kappa shape index (κ2) is 7.91. The molecule has 0 amide bonds. The molecule has 0 aliphatic rings. The molecule has 0 unspecified atom stereocenters. The first-order valence-electron chi connectivity index (χ1n) is 6.34. The third kappa shape index (κ3) is 4.65. The number of hydrogen-bond donors (Lipinski definition) is 0. The molecule has 19 heavy (non-hydrogen) atoms. The summed E-state index contributed by atoms with van der Waals surface area (Å²) in [6.45, 7) is 3.68. The average Bonchev–Trinajstić information content (AvgIpc) is 2.92. The second-order valence-electron chi connectivity index (χ2n) is 3.92. The van der Waals surface area contributed by atoms with Crippen LogP contribution in [-0.2, 0) is 4.74 Å². The van der Waals surface area contributed by atoms with Crippen LogP contribution in [0.4, 0.5) is 0 Å². The lowest BCUT2D eigenvalue weighted by molar-refractivity contribution is 0.147. The molecular formula is C13H17N3O2S. The van der Waals surface area contributed by atoms with Crippen LogP contribution in [0.5, 0.6) is 0 Å². The first-order chi connectivity index (χ1) is 9.40. The molecule has 0 radical (unpaired) electrons. The number of thioether (sulfide) groups is 1. The zero-order chi connectivity index (χ0) is 13.3. The zero-order valence-corrected chi connectivity index (χ0v) is 11.7. The normalized spacial score (nSPS) is 10.8. The molecular weight excluding hydrogens is 262 g/mol. The number of aromatic nitrogens is 3. The van der Waals surface area contributed by atoms with Crippen molar-refractivity contribution in [3.63, 3.8) is 0 Å². The molecule has 0 fully saturated rings. The highest BCUT2D eigenvalue weighted by molar-refractivity contribution is 7.99. The summed E-state index contributed by atoms with van der Waals surface area (Å²) < 4.78 is 11.0. The summed E-state index contributed by atoms with van der Waals surface area (Å²) in [6.07, 6.45) is 5.67. The predicted octanol–water partition coefficient (Wildman–Crippen LogP) is 3.04. The maximum Gasteiger partial charge on any atom is 0.276 e. The molecule has 2 heterocycles. The standard InChI is InChI=1S/C13H17N3O2S/c1-2-3-8-17-9-10-19-13-16-15-12(18-13)11-4-6-14-7-5-11/h4-7H,2-3,8-10H2,1H3. The van der Waals surface area contributed by atoms with Crippen molar-refractivity contribution in [1.82, 2.24) is 15.2 Å². The van der Waals surface area contributed by atoms with Gasteiger partial charge in [-0.25, -0.2) is 0 Å². The van der Waals surface area contributed by atoms with Gasteiger partial charge in [0.1, 0.15) is 0 Å². The zero-order valence-electron chi connectivity index (χ0n) is 10.9. The van der Waals surface area contributed by atoms with E-state index in [-0.39, 0.29) is 0 Å². The summed E-state index contributed by atoms with van der Waals surface area (Å²) in [5.74, 6) is 1.35. The molecule has 0 atom stereocenters. The van der Waals surface area contributed by atoms with Crippen LogP contribution in [0, 0.1) is 0 Å². The summed E-state index contributed by atoms with van der Waals surface area (Å²) in [5, 5.41) is 8.58. The molecule has 6 heteroatoms. The van der Waals surface area contributed by atoms with Gasteiger partial charge in [-0.2, -0.15) is 0 Å². The Labute approximate surface area is 116 Å². The van der Waals surface area contributed by atoms with E-state index in [1.807, 2.05) is 12.1 Å². The van der Waals surface area contributed by atoms with Gasteiger partial charge in [0.05, 0.1) is 6.61 Å². The molecule has 2 rings (SSSR count). The molecule has 102 valence electrons. The molecule has 0 aliphatic heterocycles. The third-order valence-corrected chi connectivity index (χ3v) is 3.21. The van der Waals surface area contributed by atoms with Gasteiger partial charge in [-0.15, -0.1) is 10.2 Å². The molecule has 0 saturated carbocycles. The maximum atomic E-state index is 5.55. The first-order valence-corrected chi connectivity index (χ1v) is 7.33. The number of pyridine rings is 1. The second-order valence-corrected chi connectivity index (χ2v) is 4.97. The third-order valence-electron chi connectivity index (χ3n) is 2.43. The Kier molecular flexibility index (Phi) is 5.84. The Morgan fingerprint density at radius 1 is 1.21 bits per heavy atom. The van der Waals surface area contributed by atoms with Crippen LogP contribution in [0.3, 0.4) is 0 Å². The van der Waals surface area contributed by atoms with Crippen LogP contribution in [0.1, 0.15) is 19.8 Å². The highest BCUT2D eigenvalue weighted by atomic mass is 32.2. The van der Waals surface area contributed by atoms with Gasteiger partial charge < -0.3 is 9.15 Å². The number of rotatable bonds is 8. The van der Waals surface area contributed by atoms with Crippen molar-refractivity contribution in [3.05, 3.63) is 24.5 Å². The molecule has 0 N–H and O–H groups in total. The lowest BCUT2D eigenvalue weighted by Gasteiger charge is -2.00. The fraction of sp³-hybridized carbons (Fsp3) is 0.462. The number of nitrogens with zero attached hydrogens (tertiary/aromatic N) is 3. The highest BCUT2D eigenvalue weighted by Gasteiger charge is 2.08. The van der Waals surface area contributed by atoms with Gasteiger partial charge in [-0.1, -0.05) is 25.1 Å². The fourth-order valence-electron chi connectivity index (χ4n) is 1.42. The Morgan fingerprint density at radius 2 is 2.05 bits per heavy atom. The molecule has 0 aromatic carbocycles. The predicted molar refractivity (Wildman–Crippen MR) is 74.0 cm³/mol. The Hall–Kier alpha value is -1.40. The van der Waals surface area contributed by atoms with Crippen LogP contribution in [-0.4, -0.2) is 34.1 Å². The number of hydrogen-bond acceptors (Lipinski definition) is 6. The van der Waals surface area contributed by atoms with Crippen molar-refractivity contribution in [3.8, 4) is 11.5 Å².